The Bertz CT molecular complexity index is 1150. The Labute approximate surface area is 188 Å². The number of nitrogens with zero attached hydrogens (tertiary/aromatic N) is 5. The highest BCUT2D eigenvalue weighted by Gasteiger charge is 2.32. The van der Waals surface area contributed by atoms with Gasteiger partial charge in [0.15, 0.2) is 0 Å². The van der Waals surface area contributed by atoms with Crippen molar-refractivity contribution >= 4 is 23.2 Å². The summed E-state index contributed by atoms with van der Waals surface area (Å²) in [6.07, 6.45) is 0.752. The van der Waals surface area contributed by atoms with Gasteiger partial charge < -0.3 is 14.7 Å². The number of fused-ring (bicyclic) bond motifs is 1. The van der Waals surface area contributed by atoms with Gasteiger partial charge >= 0.3 is 0 Å². The molecule has 1 aliphatic heterocycles. The molecule has 1 aliphatic rings. The molecule has 4 rings (SSSR count). The fraction of sp³-hybridized carbons (Fsp3) is 0.320. The van der Waals surface area contributed by atoms with Gasteiger partial charge in [-0.2, -0.15) is 5.10 Å². The van der Waals surface area contributed by atoms with E-state index in [0.717, 1.165) is 40.3 Å². The summed E-state index contributed by atoms with van der Waals surface area (Å²) < 4.78 is 1.76. The Hall–Kier alpha value is -3.45. The smallest absolute Gasteiger partial charge is 0.277 e. The predicted molar refractivity (Wildman–Crippen MR) is 127 cm³/mol. The Morgan fingerprint density at radius 1 is 0.969 bits per heavy atom. The normalized spacial score (nSPS) is 13.4. The van der Waals surface area contributed by atoms with E-state index >= 15 is 0 Å². The number of likely N-dealkylation sites (N-methyl/N-ethyl adjacent to an activating group) is 2. The standard InChI is InChI=1S/C25H29N5O2/c1-17-6-8-21(9-7-17)30-24-22(18(2)26-30)14-15-29(25(24)32)20-12-10-19(11-13-20)28(5)23(31)16-27(3)4/h6-13H,14-16H2,1-5H3. The van der Waals surface area contributed by atoms with Gasteiger partial charge in [-0.05, 0) is 70.8 Å². The quantitative estimate of drug-likeness (QED) is 0.622. The lowest BCUT2D eigenvalue weighted by Crippen LogP contribution is -2.39. The second-order valence-electron chi connectivity index (χ2n) is 8.57. The molecule has 0 fully saturated rings. The molecule has 2 aromatic carbocycles. The lowest BCUT2D eigenvalue weighted by atomic mass is 10.0. The molecule has 166 valence electrons. The third-order valence-corrected chi connectivity index (χ3v) is 5.87. The van der Waals surface area contributed by atoms with Crippen molar-refractivity contribution in [1.82, 2.24) is 14.7 Å². The Balaban J connectivity index is 1.61. The average Bonchev–Trinajstić information content (AvgIpc) is 3.11. The van der Waals surface area contributed by atoms with Crippen molar-refractivity contribution in [3.05, 3.63) is 71.0 Å². The zero-order valence-corrected chi connectivity index (χ0v) is 19.3. The predicted octanol–water partition coefficient (Wildman–Crippen LogP) is 3.22. The Kier molecular flexibility index (Phi) is 5.84. The van der Waals surface area contributed by atoms with Crippen LogP contribution in [0.1, 0.15) is 27.3 Å². The first-order chi connectivity index (χ1) is 15.3. The minimum absolute atomic E-state index is 0.0129. The van der Waals surface area contributed by atoms with Gasteiger partial charge in [0, 0.05) is 30.5 Å². The van der Waals surface area contributed by atoms with E-state index in [1.165, 1.54) is 0 Å². The highest BCUT2D eigenvalue weighted by molar-refractivity contribution is 6.07. The second-order valence-corrected chi connectivity index (χ2v) is 8.57. The minimum Gasteiger partial charge on any atom is -0.314 e. The van der Waals surface area contributed by atoms with Crippen LogP contribution in [0.15, 0.2) is 48.5 Å². The lowest BCUT2D eigenvalue weighted by molar-refractivity contribution is -0.118. The molecule has 7 heteroatoms. The van der Waals surface area contributed by atoms with E-state index in [1.807, 2.05) is 81.4 Å². The topological polar surface area (TPSA) is 61.7 Å². The molecule has 0 saturated heterocycles. The summed E-state index contributed by atoms with van der Waals surface area (Å²) in [5.41, 5.74) is 6.18. The zero-order valence-electron chi connectivity index (χ0n) is 19.3. The molecular formula is C25H29N5O2. The summed E-state index contributed by atoms with van der Waals surface area (Å²) in [7, 11) is 5.50. The van der Waals surface area contributed by atoms with Gasteiger partial charge in [-0.15, -0.1) is 0 Å². The van der Waals surface area contributed by atoms with Crippen LogP contribution in [0.3, 0.4) is 0 Å². The highest BCUT2D eigenvalue weighted by atomic mass is 16.2. The number of amides is 2. The van der Waals surface area contributed by atoms with Crippen molar-refractivity contribution in [2.45, 2.75) is 20.3 Å². The van der Waals surface area contributed by atoms with E-state index in [0.29, 0.717) is 18.8 Å². The van der Waals surface area contributed by atoms with Crippen molar-refractivity contribution in [2.75, 3.05) is 44.0 Å². The largest absolute Gasteiger partial charge is 0.314 e. The van der Waals surface area contributed by atoms with Crippen LogP contribution >= 0.6 is 0 Å². The van der Waals surface area contributed by atoms with Gasteiger partial charge in [0.2, 0.25) is 5.91 Å². The number of aromatic nitrogens is 2. The maximum atomic E-state index is 13.5. The van der Waals surface area contributed by atoms with Crippen molar-refractivity contribution < 1.29 is 9.59 Å². The van der Waals surface area contributed by atoms with Gasteiger partial charge in [-0.25, -0.2) is 4.68 Å². The molecule has 3 aromatic rings. The molecule has 0 saturated carbocycles. The molecule has 0 atom stereocenters. The maximum absolute atomic E-state index is 13.5. The molecule has 2 amide bonds. The van der Waals surface area contributed by atoms with Crippen molar-refractivity contribution in [3.63, 3.8) is 0 Å². The molecule has 32 heavy (non-hydrogen) atoms. The zero-order chi connectivity index (χ0) is 23.0. The maximum Gasteiger partial charge on any atom is 0.277 e. The van der Waals surface area contributed by atoms with Gasteiger partial charge in [0.1, 0.15) is 5.69 Å². The highest BCUT2D eigenvalue weighted by Crippen LogP contribution is 2.29. The van der Waals surface area contributed by atoms with Crippen LogP contribution in [0, 0.1) is 13.8 Å². The van der Waals surface area contributed by atoms with Gasteiger partial charge in [0.25, 0.3) is 5.91 Å². The first kappa shape index (κ1) is 21.8. The van der Waals surface area contributed by atoms with Crippen LogP contribution in [0.2, 0.25) is 0 Å². The molecule has 0 aliphatic carbocycles. The van der Waals surface area contributed by atoms with Crippen LogP contribution in [-0.2, 0) is 11.2 Å². The second kappa shape index (κ2) is 8.59. The van der Waals surface area contributed by atoms with Crippen LogP contribution in [-0.4, -0.2) is 60.7 Å². The summed E-state index contributed by atoms with van der Waals surface area (Å²) >= 11 is 0. The number of carbonyl (C=O) groups is 2. The Morgan fingerprint density at radius 2 is 1.59 bits per heavy atom. The van der Waals surface area contributed by atoms with E-state index in [4.69, 9.17) is 0 Å². The van der Waals surface area contributed by atoms with Crippen LogP contribution < -0.4 is 9.80 Å². The molecule has 0 spiro atoms. The van der Waals surface area contributed by atoms with Gasteiger partial charge in [-0.1, -0.05) is 17.7 Å². The first-order valence-electron chi connectivity index (χ1n) is 10.7. The molecule has 7 nitrogen and oxygen atoms in total. The van der Waals surface area contributed by atoms with Gasteiger partial charge in [0.05, 0.1) is 17.9 Å². The molecule has 0 bridgehead atoms. The number of hydrogen-bond donors (Lipinski definition) is 0. The molecule has 2 heterocycles. The molecule has 0 unspecified atom stereocenters. The third-order valence-electron chi connectivity index (χ3n) is 5.87. The van der Waals surface area contributed by atoms with E-state index in [-0.39, 0.29) is 11.8 Å². The minimum atomic E-state index is -0.0581. The number of hydrogen-bond acceptors (Lipinski definition) is 4. The first-order valence-corrected chi connectivity index (χ1v) is 10.7. The number of carbonyl (C=O) groups excluding carboxylic acids is 2. The van der Waals surface area contributed by atoms with Crippen LogP contribution in [0.4, 0.5) is 11.4 Å². The third kappa shape index (κ3) is 4.03. The molecule has 0 radical (unpaired) electrons. The number of benzene rings is 2. The fourth-order valence-corrected chi connectivity index (χ4v) is 4.03. The van der Waals surface area contributed by atoms with E-state index in [2.05, 4.69) is 5.10 Å². The van der Waals surface area contributed by atoms with Crippen molar-refractivity contribution in [1.29, 1.82) is 0 Å². The lowest BCUT2D eigenvalue weighted by Gasteiger charge is -2.28. The average molecular weight is 432 g/mol. The fourth-order valence-electron chi connectivity index (χ4n) is 4.03. The number of rotatable bonds is 5. The monoisotopic (exact) mass is 431 g/mol. The van der Waals surface area contributed by atoms with Crippen molar-refractivity contribution in [2.24, 2.45) is 0 Å². The summed E-state index contributed by atoms with van der Waals surface area (Å²) in [6, 6.07) is 15.6. The van der Waals surface area contributed by atoms with Gasteiger partial charge in [-0.3, -0.25) is 9.59 Å². The van der Waals surface area contributed by atoms with Crippen molar-refractivity contribution in [3.8, 4) is 5.69 Å². The summed E-state index contributed by atoms with van der Waals surface area (Å²) in [6.45, 7) is 4.94. The SMILES string of the molecule is Cc1ccc(-n2nc(C)c3c2C(=O)N(c2ccc(N(C)C(=O)CN(C)C)cc2)CC3)cc1. The number of aryl methyl sites for hydroxylation is 2. The molecule has 1 aromatic heterocycles. The Morgan fingerprint density at radius 3 is 2.22 bits per heavy atom. The van der Waals surface area contributed by atoms with E-state index in [9.17, 15) is 9.59 Å². The molecule has 0 N–H and O–H groups in total. The van der Waals surface area contributed by atoms with Crippen LogP contribution in [0.5, 0.6) is 0 Å². The summed E-state index contributed by atoms with van der Waals surface area (Å²) in [5, 5.41) is 4.67. The summed E-state index contributed by atoms with van der Waals surface area (Å²) in [4.78, 5) is 31.1. The molecular weight excluding hydrogens is 402 g/mol. The van der Waals surface area contributed by atoms with E-state index in [1.54, 1.807) is 21.5 Å². The summed E-state index contributed by atoms with van der Waals surface area (Å²) in [5.74, 6) is -0.0453. The number of anilines is 2. The van der Waals surface area contributed by atoms with Crippen LogP contribution in [0.25, 0.3) is 5.69 Å². The van der Waals surface area contributed by atoms with E-state index < -0.39 is 0 Å².